The summed E-state index contributed by atoms with van der Waals surface area (Å²) in [6, 6.07) is 2.84. The van der Waals surface area contributed by atoms with Crippen LogP contribution in [0.2, 0.25) is 0 Å². The molecule has 2 aromatic rings. The van der Waals surface area contributed by atoms with Crippen LogP contribution in [0.4, 0.5) is 13.8 Å². The maximum atomic E-state index is 13.8. The summed E-state index contributed by atoms with van der Waals surface area (Å²) in [6.07, 6.45) is 1.77. The molecule has 1 heterocycles. The Morgan fingerprint density at radius 3 is 2.65 bits per heavy atom. The van der Waals surface area contributed by atoms with Gasteiger partial charge in [-0.25, -0.2) is 8.78 Å². The molecule has 2 nitrogen and oxygen atoms in total. The minimum Gasteiger partial charge on any atom is -0.389 e. The molecular weight excluding hydrogens is 242 g/mol. The van der Waals surface area contributed by atoms with E-state index >= 15 is 0 Å². The number of nitrogens with zero attached hydrogens (tertiary/aromatic N) is 1. The number of nitrogen functional groups attached to an aromatic ring is 1. The predicted molar refractivity (Wildman–Crippen MR) is 62.8 cm³/mol. The number of nitrogens with two attached hydrogens (primary N) is 1. The van der Waals surface area contributed by atoms with Gasteiger partial charge < -0.3 is 5.73 Å². The molecule has 0 atom stereocenters. The number of anilines is 1. The average molecular weight is 250 g/mol. The Kier molecular flexibility index (Phi) is 2.10. The van der Waals surface area contributed by atoms with E-state index in [4.69, 9.17) is 11.0 Å². The summed E-state index contributed by atoms with van der Waals surface area (Å²) in [6.45, 7) is 0. The Balaban J connectivity index is 2.49. The summed E-state index contributed by atoms with van der Waals surface area (Å²) < 4.78 is 27.8. The molecular formula is C12H8F2N2S. The van der Waals surface area contributed by atoms with E-state index in [9.17, 15) is 8.78 Å². The lowest BCUT2D eigenvalue weighted by molar-refractivity contribution is 0.582. The summed E-state index contributed by atoms with van der Waals surface area (Å²) in [5, 5.41) is 9.69. The minimum atomic E-state index is -0.639. The zero-order chi connectivity index (χ0) is 12.2. The number of fused-ring (bicyclic) bond motifs is 1. The molecule has 86 valence electrons. The first-order valence-corrected chi connectivity index (χ1v) is 6.05. The van der Waals surface area contributed by atoms with Crippen LogP contribution < -0.4 is 5.73 Å². The van der Waals surface area contributed by atoms with Crippen molar-refractivity contribution in [2.45, 2.75) is 18.8 Å². The lowest BCUT2D eigenvalue weighted by Gasteiger charge is -2.04. The maximum absolute atomic E-state index is 13.8. The third-order valence-corrected chi connectivity index (χ3v) is 4.06. The molecule has 17 heavy (non-hydrogen) atoms. The molecule has 0 spiro atoms. The fourth-order valence-corrected chi connectivity index (χ4v) is 3.07. The van der Waals surface area contributed by atoms with Crippen molar-refractivity contribution in [2.24, 2.45) is 0 Å². The third-order valence-electron chi connectivity index (χ3n) is 3.03. The normalized spacial score (nSPS) is 15.1. The van der Waals surface area contributed by atoms with Gasteiger partial charge in [0.05, 0.1) is 10.3 Å². The highest BCUT2D eigenvalue weighted by molar-refractivity contribution is 7.23. The van der Waals surface area contributed by atoms with Gasteiger partial charge in [-0.05, 0) is 18.8 Å². The molecule has 1 aromatic carbocycles. The van der Waals surface area contributed by atoms with Crippen LogP contribution in [0.15, 0.2) is 6.07 Å². The second-order valence-corrected chi connectivity index (χ2v) is 5.24. The van der Waals surface area contributed by atoms with E-state index < -0.39 is 11.6 Å². The van der Waals surface area contributed by atoms with E-state index in [1.54, 1.807) is 0 Å². The van der Waals surface area contributed by atoms with Gasteiger partial charge in [0, 0.05) is 17.0 Å². The summed E-state index contributed by atoms with van der Waals surface area (Å²) in [7, 11) is 0. The van der Waals surface area contributed by atoms with E-state index in [1.807, 2.05) is 6.07 Å². The fourth-order valence-electron chi connectivity index (χ4n) is 2.13. The van der Waals surface area contributed by atoms with Gasteiger partial charge >= 0.3 is 0 Å². The monoisotopic (exact) mass is 250 g/mol. The smallest absolute Gasteiger partial charge is 0.144 e. The molecule has 2 N–H and O–H groups in total. The van der Waals surface area contributed by atoms with Crippen LogP contribution in [0.25, 0.3) is 10.1 Å². The lowest BCUT2D eigenvalue weighted by Crippen LogP contribution is -1.93. The third kappa shape index (κ3) is 1.41. The molecule has 0 unspecified atom stereocenters. The second-order valence-electron chi connectivity index (χ2n) is 4.19. The van der Waals surface area contributed by atoms with Crippen molar-refractivity contribution in [3.63, 3.8) is 0 Å². The Labute approximate surface area is 100 Å². The van der Waals surface area contributed by atoms with Crippen LogP contribution in [0.1, 0.15) is 29.9 Å². The Morgan fingerprint density at radius 2 is 2.06 bits per heavy atom. The van der Waals surface area contributed by atoms with Gasteiger partial charge in [0.2, 0.25) is 0 Å². The second kappa shape index (κ2) is 3.41. The molecule has 1 aliphatic rings. The van der Waals surface area contributed by atoms with Gasteiger partial charge in [-0.15, -0.1) is 11.3 Å². The molecule has 3 rings (SSSR count). The SMILES string of the molecule is N#Cc1c(N)sc2c(F)cc(F)c(C3CC3)c12. The van der Waals surface area contributed by atoms with Gasteiger partial charge in [-0.1, -0.05) is 0 Å². The van der Waals surface area contributed by atoms with E-state index in [1.165, 1.54) is 0 Å². The molecule has 1 aliphatic carbocycles. The van der Waals surface area contributed by atoms with Gasteiger partial charge in [-0.2, -0.15) is 5.26 Å². The number of hydrogen-bond acceptors (Lipinski definition) is 3. The van der Waals surface area contributed by atoms with E-state index in [0.29, 0.717) is 15.6 Å². The Bertz CT molecular complexity index is 665. The summed E-state index contributed by atoms with van der Waals surface area (Å²) in [5.41, 5.74) is 6.36. The Morgan fingerprint density at radius 1 is 1.35 bits per heavy atom. The van der Waals surface area contributed by atoms with Crippen LogP contribution in [0.3, 0.4) is 0 Å². The van der Waals surface area contributed by atoms with Crippen LogP contribution in [0, 0.1) is 23.0 Å². The van der Waals surface area contributed by atoms with Crippen molar-refractivity contribution in [1.29, 1.82) is 5.26 Å². The minimum absolute atomic E-state index is 0.110. The van der Waals surface area contributed by atoms with Crippen molar-refractivity contribution in [2.75, 3.05) is 5.73 Å². The van der Waals surface area contributed by atoms with E-state index in [-0.39, 0.29) is 16.5 Å². The number of hydrogen-bond donors (Lipinski definition) is 1. The Hall–Kier alpha value is -1.67. The highest BCUT2D eigenvalue weighted by atomic mass is 32.1. The summed E-state index contributed by atoms with van der Waals surface area (Å²) >= 11 is 1.01. The highest BCUT2D eigenvalue weighted by Crippen LogP contribution is 2.48. The number of nitriles is 1. The largest absolute Gasteiger partial charge is 0.389 e. The van der Waals surface area contributed by atoms with Gasteiger partial charge in [0.1, 0.15) is 22.7 Å². The zero-order valence-electron chi connectivity index (χ0n) is 8.76. The fraction of sp³-hybridized carbons (Fsp3) is 0.250. The molecule has 0 radical (unpaired) electrons. The first-order valence-electron chi connectivity index (χ1n) is 5.23. The quantitative estimate of drug-likeness (QED) is 0.842. The summed E-state index contributed by atoms with van der Waals surface area (Å²) in [4.78, 5) is 0. The van der Waals surface area contributed by atoms with Gasteiger partial charge in [0.25, 0.3) is 0 Å². The molecule has 5 heteroatoms. The van der Waals surface area contributed by atoms with Gasteiger partial charge in [-0.3, -0.25) is 0 Å². The van der Waals surface area contributed by atoms with Crippen molar-refractivity contribution in [3.05, 3.63) is 28.8 Å². The first kappa shape index (κ1) is 10.5. The number of rotatable bonds is 1. The number of benzene rings is 1. The molecule has 0 saturated heterocycles. The average Bonchev–Trinajstić information content (AvgIpc) is 3.03. The molecule has 0 aliphatic heterocycles. The van der Waals surface area contributed by atoms with Crippen LogP contribution in [-0.2, 0) is 0 Å². The predicted octanol–water partition coefficient (Wildman–Crippen LogP) is 3.51. The number of halogens is 2. The topological polar surface area (TPSA) is 49.8 Å². The van der Waals surface area contributed by atoms with Crippen molar-refractivity contribution in [1.82, 2.24) is 0 Å². The van der Waals surface area contributed by atoms with Crippen molar-refractivity contribution < 1.29 is 8.78 Å². The molecule has 0 amide bonds. The lowest BCUT2D eigenvalue weighted by atomic mass is 10.0. The van der Waals surface area contributed by atoms with E-state index in [2.05, 4.69) is 0 Å². The summed E-state index contributed by atoms with van der Waals surface area (Å²) in [5.74, 6) is -1.09. The molecule has 1 saturated carbocycles. The molecule has 1 fully saturated rings. The van der Waals surface area contributed by atoms with E-state index in [0.717, 1.165) is 30.2 Å². The van der Waals surface area contributed by atoms with Crippen LogP contribution in [0.5, 0.6) is 0 Å². The molecule has 0 bridgehead atoms. The molecule has 1 aromatic heterocycles. The van der Waals surface area contributed by atoms with Crippen LogP contribution in [-0.4, -0.2) is 0 Å². The number of thiophene rings is 1. The maximum Gasteiger partial charge on any atom is 0.144 e. The van der Waals surface area contributed by atoms with Crippen molar-refractivity contribution >= 4 is 26.4 Å². The van der Waals surface area contributed by atoms with Gasteiger partial charge in [0.15, 0.2) is 0 Å². The standard InChI is InChI=1S/C12H8F2N2S/c13-7-3-8(14)11-10(9(7)5-1-2-5)6(4-15)12(16)17-11/h3,5H,1-2,16H2. The van der Waals surface area contributed by atoms with Crippen molar-refractivity contribution in [3.8, 4) is 6.07 Å². The van der Waals surface area contributed by atoms with Crippen LogP contribution >= 0.6 is 11.3 Å². The zero-order valence-corrected chi connectivity index (χ0v) is 9.57. The highest BCUT2D eigenvalue weighted by Gasteiger charge is 2.32. The first-order chi connectivity index (χ1) is 8.13.